The molecule has 1 aliphatic carbocycles. The molecule has 0 bridgehead atoms. The van der Waals surface area contributed by atoms with Gasteiger partial charge in [-0.25, -0.2) is 0 Å². The van der Waals surface area contributed by atoms with Crippen LogP contribution in [0.5, 0.6) is 0 Å². The molecule has 2 heteroatoms. The molecule has 2 atom stereocenters. The smallest absolute Gasteiger partial charge is 0.0589 e. The summed E-state index contributed by atoms with van der Waals surface area (Å²) in [4.78, 5) is 0. The van der Waals surface area contributed by atoms with Gasteiger partial charge in [0.15, 0.2) is 0 Å². The topological polar surface area (TPSA) is 21.3 Å². The van der Waals surface area contributed by atoms with E-state index >= 15 is 0 Å². The normalized spacial score (nSPS) is 30.9. The molecule has 2 rings (SSSR count). The first-order valence-electron chi connectivity index (χ1n) is 7.73. The van der Waals surface area contributed by atoms with Gasteiger partial charge in [0, 0.05) is 12.6 Å². The molecule has 1 aliphatic heterocycles. The highest BCUT2D eigenvalue weighted by molar-refractivity contribution is 4.77. The zero-order chi connectivity index (χ0) is 11.9. The molecule has 0 aromatic rings. The Kier molecular flexibility index (Phi) is 5.79. The highest BCUT2D eigenvalue weighted by Gasteiger charge is 2.22. The molecule has 2 fully saturated rings. The van der Waals surface area contributed by atoms with Gasteiger partial charge in [0.05, 0.1) is 6.10 Å². The molecule has 2 nitrogen and oxygen atoms in total. The zero-order valence-electron chi connectivity index (χ0n) is 11.4. The van der Waals surface area contributed by atoms with E-state index in [1.807, 2.05) is 0 Å². The Hall–Kier alpha value is -0.0800. The second-order valence-electron chi connectivity index (χ2n) is 5.90. The largest absolute Gasteiger partial charge is 0.378 e. The number of hydrogen-bond donors (Lipinski definition) is 1. The fraction of sp³-hybridized carbons (Fsp3) is 1.00. The Balaban J connectivity index is 1.58. The minimum atomic E-state index is 0.526. The lowest BCUT2D eigenvalue weighted by Gasteiger charge is -2.30. The van der Waals surface area contributed by atoms with Crippen molar-refractivity contribution < 1.29 is 4.74 Å². The minimum absolute atomic E-state index is 0.526. The third kappa shape index (κ3) is 4.59. The third-order valence-corrected chi connectivity index (χ3v) is 4.44. The highest BCUT2D eigenvalue weighted by Crippen LogP contribution is 2.27. The van der Waals surface area contributed by atoms with Gasteiger partial charge in [-0.1, -0.05) is 39.0 Å². The number of nitrogens with one attached hydrogen (secondary N) is 1. The molecule has 1 saturated heterocycles. The first kappa shape index (κ1) is 13.4. The average Bonchev–Trinajstić information content (AvgIpc) is 2.83. The maximum Gasteiger partial charge on any atom is 0.0589 e. The molecular weight excluding hydrogens is 210 g/mol. The van der Waals surface area contributed by atoms with E-state index in [2.05, 4.69) is 12.2 Å². The Bertz CT molecular complexity index is 199. The lowest BCUT2D eigenvalue weighted by molar-refractivity contribution is -0.00324. The number of rotatable bonds is 6. The maximum absolute atomic E-state index is 5.79. The molecule has 0 radical (unpaired) electrons. The van der Waals surface area contributed by atoms with E-state index in [1.165, 1.54) is 64.3 Å². The minimum Gasteiger partial charge on any atom is -0.378 e. The molecule has 0 aromatic carbocycles. The summed E-state index contributed by atoms with van der Waals surface area (Å²) in [7, 11) is 0. The quantitative estimate of drug-likeness (QED) is 0.766. The van der Waals surface area contributed by atoms with E-state index in [-0.39, 0.29) is 0 Å². The van der Waals surface area contributed by atoms with Crippen LogP contribution in [-0.4, -0.2) is 25.3 Å². The molecule has 1 heterocycles. The van der Waals surface area contributed by atoms with Crippen LogP contribution in [0.3, 0.4) is 0 Å². The second-order valence-corrected chi connectivity index (χ2v) is 5.90. The van der Waals surface area contributed by atoms with Crippen LogP contribution in [0, 0.1) is 5.92 Å². The number of ether oxygens (including phenoxy) is 1. The van der Waals surface area contributed by atoms with Gasteiger partial charge in [-0.15, -0.1) is 0 Å². The van der Waals surface area contributed by atoms with Crippen LogP contribution in [0.4, 0.5) is 0 Å². The summed E-state index contributed by atoms with van der Waals surface area (Å²) in [6, 6.07) is 0.724. The van der Waals surface area contributed by atoms with Crippen molar-refractivity contribution in [1.29, 1.82) is 0 Å². The monoisotopic (exact) mass is 239 g/mol. The van der Waals surface area contributed by atoms with Gasteiger partial charge in [-0.3, -0.25) is 0 Å². The lowest BCUT2D eigenvalue weighted by Crippen LogP contribution is -2.39. The van der Waals surface area contributed by atoms with Gasteiger partial charge in [0.1, 0.15) is 0 Å². The Morgan fingerprint density at radius 3 is 2.71 bits per heavy atom. The summed E-state index contributed by atoms with van der Waals surface area (Å²) in [5, 5.41) is 3.76. The molecule has 0 aromatic heterocycles. The van der Waals surface area contributed by atoms with Gasteiger partial charge in [-0.2, -0.15) is 0 Å². The van der Waals surface area contributed by atoms with Crippen molar-refractivity contribution in [1.82, 2.24) is 5.32 Å². The van der Waals surface area contributed by atoms with E-state index in [9.17, 15) is 0 Å². The molecule has 17 heavy (non-hydrogen) atoms. The van der Waals surface area contributed by atoms with E-state index in [0.29, 0.717) is 6.10 Å². The fourth-order valence-electron chi connectivity index (χ4n) is 3.38. The molecule has 2 aliphatic rings. The molecule has 0 spiro atoms. The van der Waals surface area contributed by atoms with Crippen LogP contribution in [0.1, 0.15) is 64.7 Å². The molecular formula is C15H29NO. The van der Waals surface area contributed by atoms with Crippen molar-refractivity contribution in [2.45, 2.75) is 76.9 Å². The van der Waals surface area contributed by atoms with Gasteiger partial charge in [0.25, 0.3) is 0 Å². The van der Waals surface area contributed by atoms with Crippen molar-refractivity contribution in [2.75, 3.05) is 13.2 Å². The molecule has 0 amide bonds. The second kappa shape index (κ2) is 7.38. The van der Waals surface area contributed by atoms with Crippen LogP contribution >= 0.6 is 0 Å². The predicted octanol–water partition coefficient (Wildman–Crippen LogP) is 3.50. The van der Waals surface area contributed by atoms with E-state index in [4.69, 9.17) is 4.74 Å². The van der Waals surface area contributed by atoms with Crippen molar-refractivity contribution in [3.63, 3.8) is 0 Å². The molecule has 2 unspecified atom stereocenters. The summed E-state index contributed by atoms with van der Waals surface area (Å²) in [6.07, 6.45) is 12.8. The van der Waals surface area contributed by atoms with Crippen LogP contribution in [0.2, 0.25) is 0 Å². The van der Waals surface area contributed by atoms with Gasteiger partial charge < -0.3 is 10.1 Å². The first-order chi connectivity index (χ1) is 8.38. The van der Waals surface area contributed by atoms with Crippen LogP contribution in [0.15, 0.2) is 0 Å². The van der Waals surface area contributed by atoms with Gasteiger partial charge in [0.2, 0.25) is 0 Å². The summed E-state index contributed by atoms with van der Waals surface area (Å²) in [6.45, 7) is 4.44. The zero-order valence-corrected chi connectivity index (χ0v) is 11.4. The summed E-state index contributed by atoms with van der Waals surface area (Å²) < 4.78 is 5.79. The standard InChI is InChI=1S/C15H29NO/c1-2-5-15-12-14(9-11-17-15)16-10-8-13-6-3-4-7-13/h13-16H,2-12H2,1H3. The molecule has 1 saturated carbocycles. The Labute approximate surface area is 107 Å². The predicted molar refractivity (Wildman–Crippen MR) is 72.2 cm³/mol. The Morgan fingerprint density at radius 1 is 1.12 bits per heavy atom. The third-order valence-electron chi connectivity index (χ3n) is 4.44. The van der Waals surface area contributed by atoms with E-state index in [1.54, 1.807) is 0 Å². The van der Waals surface area contributed by atoms with Crippen molar-refractivity contribution >= 4 is 0 Å². The molecule has 1 N–H and O–H groups in total. The summed E-state index contributed by atoms with van der Waals surface area (Å²) >= 11 is 0. The van der Waals surface area contributed by atoms with Gasteiger partial charge in [-0.05, 0) is 38.1 Å². The summed E-state index contributed by atoms with van der Waals surface area (Å²) in [5.74, 6) is 1.02. The van der Waals surface area contributed by atoms with Crippen LogP contribution in [0.25, 0.3) is 0 Å². The highest BCUT2D eigenvalue weighted by atomic mass is 16.5. The summed E-state index contributed by atoms with van der Waals surface area (Å²) in [5.41, 5.74) is 0. The van der Waals surface area contributed by atoms with Crippen molar-refractivity contribution in [2.24, 2.45) is 5.92 Å². The SMILES string of the molecule is CCCC1CC(NCCC2CCCC2)CCO1. The number of hydrogen-bond acceptors (Lipinski definition) is 2. The maximum atomic E-state index is 5.79. The van der Waals surface area contributed by atoms with Crippen LogP contribution in [-0.2, 0) is 4.74 Å². The fourth-order valence-corrected chi connectivity index (χ4v) is 3.38. The first-order valence-corrected chi connectivity index (χ1v) is 7.73. The van der Waals surface area contributed by atoms with E-state index < -0.39 is 0 Å². The lowest BCUT2D eigenvalue weighted by atomic mass is 9.99. The van der Waals surface area contributed by atoms with E-state index in [0.717, 1.165) is 18.6 Å². The molecule has 100 valence electrons. The van der Waals surface area contributed by atoms with Crippen molar-refractivity contribution in [3.8, 4) is 0 Å². The average molecular weight is 239 g/mol. The van der Waals surface area contributed by atoms with Gasteiger partial charge >= 0.3 is 0 Å². The van der Waals surface area contributed by atoms with Crippen molar-refractivity contribution in [3.05, 3.63) is 0 Å². The Morgan fingerprint density at radius 2 is 1.94 bits per heavy atom. The van der Waals surface area contributed by atoms with Crippen LogP contribution < -0.4 is 5.32 Å².